The van der Waals surface area contributed by atoms with E-state index in [4.69, 9.17) is 9.29 Å². The molecule has 1 unspecified atom stereocenters. The fourth-order valence-corrected chi connectivity index (χ4v) is 1.86. The van der Waals surface area contributed by atoms with Crippen molar-refractivity contribution in [2.24, 2.45) is 0 Å². The predicted molar refractivity (Wildman–Crippen MR) is 61.9 cm³/mol. The normalized spacial score (nSPS) is 12.4. The summed E-state index contributed by atoms with van der Waals surface area (Å²) in [5.74, 6) is 0.259. The second-order valence-corrected chi connectivity index (χ2v) is 5.47. The zero-order chi connectivity index (χ0) is 12.2. The molecule has 0 aliphatic heterocycles. The van der Waals surface area contributed by atoms with Gasteiger partial charge >= 0.3 is 0 Å². The van der Waals surface area contributed by atoms with E-state index in [9.17, 15) is 8.42 Å². The van der Waals surface area contributed by atoms with Crippen LogP contribution in [0.5, 0.6) is 5.75 Å². The van der Waals surface area contributed by atoms with Crippen molar-refractivity contribution < 1.29 is 17.7 Å². The molecule has 1 aromatic rings. The summed E-state index contributed by atoms with van der Waals surface area (Å²) in [5, 5.41) is 0. The minimum absolute atomic E-state index is 0.126. The van der Waals surface area contributed by atoms with Gasteiger partial charge in [-0.15, -0.1) is 0 Å². The third-order valence-corrected chi connectivity index (χ3v) is 2.72. The van der Waals surface area contributed by atoms with Crippen LogP contribution in [0.4, 0.5) is 0 Å². The molecule has 1 N–H and O–H groups in total. The first-order valence-corrected chi connectivity index (χ1v) is 6.44. The third-order valence-electron chi connectivity index (χ3n) is 2.00. The molecule has 0 aromatic heterocycles. The average Bonchev–Trinajstić information content (AvgIpc) is 2.15. The first kappa shape index (κ1) is 13.0. The molecule has 4 nitrogen and oxygen atoms in total. The van der Waals surface area contributed by atoms with E-state index in [1.165, 1.54) is 0 Å². The Balaban J connectivity index is 2.59. The summed E-state index contributed by atoms with van der Waals surface area (Å²) in [4.78, 5) is 0. The van der Waals surface area contributed by atoms with E-state index in [1.54, 1.807) is 19.1 Å². The van der Waals surface area contributed by atoms with Crippen LogP contribution in [0.2, 0.25) is 0 Å². The van der Waals surface area contributed by atoms with Crippen LogP contribution in [-0.2, 0) is 10.1 Å². The lowest BCUT2D eigenvalue weighted by atomic mass is 10.1. The van der Waals surface area contributed by atoms with Gasteiger partial charge in [-0.1, -0.05) is 18.2 Å². The molecule has 0 aliphatic carbocycles. The summed E-state index contributed by atoms with van der Waals surface area (Å²) < 4.78 is 35.4. The summed E-state index contributed by atoms with van der Waals surface area (Å²) in [6, 6.07) is 9.00. The second kappa shape index (κ2) is 4.84. The monoisotopic (exact) mass is 243 g/mol. The highest BCUT2D eigenvalue weighted by Crippen LogP contribution is 2.20. The predicted octanol–water partition coefficient (Wildman–Crippen LogP) is 1.94. The highest BCUT2D eigenvalue weighted by atomic mass is 32.2. The number of ether oxygens (including phenoxy) is 1. The topological polar surface area (TPSA) is 63.6 Å². The molecule has 1 radical (unpaired) electrons. The van der Waals surface area contributed by atoms with Crippen molar-refractivity contribution in [1.82, 2.24) is 0 Å². The lowest BCUT2D eigenvalue weighted by molar-refractivity contribution is 0.133. The molecule has 1 aromatic carbocycles. The van der Waals surface area contributed by atoms with Crippen molar-refractivity contribution in [2.75, 3.05) is 5.75 Å². The van der Waals surface area contributed by atoms with E-state index in [0.29, 0.717) is 5.75 Å². The van der Waals surface area contributed by atoms with E-state index in [0.717, 1.165) is 0 Å². The van der Waals surface area contributed by atoms with Crippen molar-refractivity contribution in [2.45, 2.75) is 18.9 Å². The van der Waals surface area contributed by atoms with Crippen molar-refractivity contribution in [1.29, 1.82) is 0 Å². The molecule has 1 atom stereocenters. The van der Waals surface area contributed by atoms with Crippen LogP contribution in [0.25, 0.3) is 0 Å². The van der Waals surface area contributed by atoms with Crippen molar-refractivity contribution in [3.63, 3.8) is 0 Å². The molecule has 0 saturated heterocycles. The van der Waals surface area contributed by atoms with Crippen molar-refractivity contribution >= 4 is 10.1 Å². The van der Waals surface area contributed by atoms with Gasteiger partial charge in [0.15, 0.2) is 0 Å². The second-order valence-electron chi connectivity index (χ2n) is 3.90. The summed E-state index contributed by atoms with van der Waals surface area (Å²) in [6.45, 7) is 5.44. The summed E-state index contributed by atoms with van der Waals surface area (Å²) in [7, 11) is -3.97. The molecule has 0 spiro atoms. The standard InChI is InChI=1S/C11H15O4S/c1-11(2,8-9-16(12,13)14)15-10-6-4-3-5-7-10/h3-7H,1,8-9H2,2H3,(H,12,13,14). The first-order chi connectivity index (χ1) is 7.29. The van der Waals surface area contributed by atoms with Crippen LogP contribution in [0.15, 0.2) is 30.3 Å². The first-order valence-electron chi connectivity index (χ1n) is 4.83. The Labute approximate surface area is 96.0 Å². The minimum Gasteiger partial charge on any atom is -0.488 e. The van der Waals surface area contributed by atoms with E-state index >= 15 is 0 Å². The Bertz CT molecular complexity index is 423. The number of hydrogen-bond acceptors (Lipinski definition) is 3. The van der Waals surface area contributed by atoms with Gasteiger partial charge < -0.3 is 4.74 Å². The van der Waals surface area contributed by atoms with Gasteiger partial charge in [-0.25, -0.2) is 0 Å². The van der Waals surface area contributed by atoms with Crippen LogP contribution in [0, 0.1) is 6.92 Å². The molecular weight excluding hydrogens is 228 g/mol. The van der Waals surface area contributed by atoms with Gasteiger partial charge in [-0.3, -0.25) is 4.55 Å². The van der Waals surface area contributed by atoms with E-state index < -0.39 is 15.7 Å². The molecule has 0 fully saturated rings. The Morgan fingerprint density at radius 1 is 1.38 bits per heavy atom. The van der Waals surface area contributed by atoms with Gasteiger partial charge in [0.25, 0.3) is 10.1 Å². The molecule has 1 rings (SSSR count). The molecular formula is C11H15O4S. The SMILES string of the molecule is [CH2]C(C)(CCS(=O)(=O)O)Oc1ccccc1. The summed E-state index contributed by atoms with van der Waals surface area (Å²) in [6.07, 6.45) is 0.126. The van der Waals surface area contributed by atoms with Crippen LogP contribution in [-0.4, -0.2) is 24.3 Å². The highest BCUT2D eigenvalue weighted by molar-refractivity contribution is 7.85. The minimum atomic E-state index is -3.97. The number of benzene rings is 1. The maximum absolute atomic E-state index is 10.6. The van der Waals surface area contributed by atoms with Gasteiger partial charge in [0.2, 0.25) is 0 Å². The van der Waals surface area contributed by atoms with Crippen LogP contribution < -0.4 is 4.74 Å². The lowest BCUT2D eigenvalue weighted by Gasteiger charge is -2.25. The lowest BCUT2D eigenvalue weighted by Crippen LogP contribution is -2.31. The molecule has 5 heteroatoms. The summed E-state index contributed by atoms with van der Waals surface area (Å²) >= 11 is 0. The fourth-order valence-electron chi connectivity index (χ4n) is 1.17. The highest BCUT2D eigenvalue weighted by Gasteiger charge is 2.22. The van der Waals surface area contributed by atoms with Crippen molar-refractivity contribution in [3.8, 4) is 5.75 Å². The van der Waals surface area contributed by atoms with Gasteiger partial charge in [0.05, 0.1) is 5.75 Å². The van der Waals surface area contributed by atoms with Crippen LogP contribution in [0.1, 0.15) is 13.3 Å². The Morgan fingerprint density at radius 2 is 1.94 bits per heavy atom. The van der Waals surface area contributed by atoms with Gasteiger partial charge in [0, 0.05) is 6.42 Å². The number of para-hydroxylation sites is 1. The average molecular weight is 243 g/mol. The molecule has 0 saturated carbocycles. The Morgan fingerprint density at radius 3 is 2.44 bits per heavy atom. The largest absolute Gasteiger partial charge is 0.488 e. The van der Waals surface area contributed by atoms with Crippen molar-refractivity contribution in [3.05, 3.63) is 37.3 Å². The zero-order valence-corrected chi connectivity index (χ0v) is 9.90. The van der Waals surface area contributed by atoms with Crippen LogP contribution in [0.3, 0.4) is 0 Å². The molecule has 0 amide bonds. The maximum Gasteiger partial charge on any atom is 0.265 e. The van der Waals surface area contributed by atoms with E-state index in [1.807, 2.05) is 18.2 Å². The van der Waals surface area contributed by atoms with Gasteiger partial charge in [-0.05, 0) is 26.0 Å². The third kappa shape index (κ3) is 5.14. The molecule has 0 heterocycles. The van der Waals surface area contributed by atoms with E-state index in [2.05, 4.69) is 6.92 Å². The zero-order valence-electron chi connectivity index (χ0n) is 9.09. The molecule has 0 bridgehead atoms. The van der Waals surface area contributed by atoms with Gasteiger partial charge in [-0.2, -0.15) is 8.42 Å². The smallest absolute Gasteiger partial charge is 0.265 e. The fraction of sp³-hybridized carbons (Fsp3) is 0.364. The Kier molecular flexibility index (Phi) is 3.93. The molecule has 16 heavy (non-hydrogen) atoms. The number of rotatable bonds is 5. The van der Waals surface area contributed by atoms with E-state index in [-0.39, 0.29) is 12.2 Å². The number of hydrogen-bond donors (Lipinski definition) is 1. The molecule has 89 valence electrons. The van der Waals surface area contributed by atoms with Crippen LogP contribution >= 0.6 is 0 Å². The molecule has 0 aliphatic rings. The Hall–Kier alpha value is -1.07. The summed E-state index contributed by atoms with van der Waals surface area (Å²) in [5.41, 5.74) is -0.878. The quantitative estimate of drug-likeness (QED) is 0.803. The van der Waals surface area contributed by atoms with Gasteiger partial charge in [0.1, 0.15) is 11.4 Å². The maximum atomic E-state index is 10.6.